The Morgan fingerprint density at radius 2 is 1.63 bits per heavy atom. The first-order valence-corrected chi connectivity index (χ1v) is 11.7. The van der Waals surface area contributed by atoms with Crippen molar-refractivity contribution in [2.75, 3.05) is 5.32 Å². The smallest absolute Gasteiger partial charge is 0.254 e. The number of halogens is 1. The summed E-state index contributed by atoms with van der Waals surface area (Å²) in [5.41, 5.74) is 3.34. The molecular formula is C27H19FN4O2S. The fourth-order valence-electron chi connectivity index (χ4n) is 3.63. The molecule has 0 spiro atoms. The van der Waals surface area contributed by atoms with Crippen LogP contribution >= 0.6 is 11.3 Å². The Hall–Kier alpha value is -4.43. The highest BCUT2D eigenvalue weighted by Gasteiger charge is 2.15. The fraction of sp³-hybridized carbons (Fsp3) is 0.0370. The van der Waals surface area contributed by atoms with Gasteiger partial charge in [0, 0.05) is 28.1 Å². The van der Waals surface area contributed by atoms with E-state index in [1.165, 1.54) is 34.4 Å². The zero-order valence-corrected chi connectivity index (χ0v) is 19.2. The quantitative estimate of drug-likeness (QED) is 0.348. The van der Waals surface area contributed by atoms with Gasteiger partial charge in [-0.05, 0) is 18.2 Å². The maximum atomic E-state index is 14.2. The second-order valence-corrected chi connectivity index (χ2v) is 8.58. The van der Waals surface area contributed by atoms with E-state index < -0.39 is 0 Å². The molecule has 0 aliphatic rings. The number of thiazole rings is 1. The number of aromatic nitrogens is 3. The number of carbonyl (C=O) groups is 1. The first kappa shape index (κ1) is 22.4. The summed E-state index contributed by atoms with van der Waals surface area (Å²) < 4.78 is 15.4. The van der Waals surface area contributed by atoms with Crippen LogP contribution in [0, 0.1) is 5.82 Å². The van der Waals surface area contributed by atoms with E-state index >= 15 is 0 Å². The molecule has 8 heteroatoms. The highest BCUT2D eigenvalue weighted by molar-refractivity contribution is 7.13. The summed E-state index contributed by atoms with van der Waals surface area (Å²) in [6.45, 7) is -0.188. The van der Waals surface area contributed by atoms with Crippen LogP contribution in [0.4, 0.5) is 10.1 Å². The third kappa shape index (κ3) is 4.92. The molecule has 1 amide bonds. The average Bonchev–Trinajstić information content (AvgIpc) is 3.36. The largest absolute Gasteiger partial charge is 0.324 e. The molecule has 0 aliphatic carbocycles. The summed E-state index contributed by atoms with van der Waals surface area (Å²) in [7, 11) is 0. The molecular weight excluding hydrogens is 463 g/mol. The van der Waals surface area contributed by atoms with E-state index in [2.05, 4.69) is 15.3 Å². The monoisotopic (exact) mass is 482 g/mol. The average molecular weight is 483 g/mol. The minimum Gasteiger partial charge on any atom is -0.324 e. The summed E-state index contributed by atoms with van der Waals surface area (Å²) in [4.78, 5) is 34.2. The first-order valence-electron chi connectivity index (χ1n) is 10.8. The Morgan fingerprint density at radius 1 is 0.914 bits per heavy atom. The number of nitrogens with zero attached hydrogens (tertiary/aromatic N) is 3. The van der Waals surface area contributed by atoms with Crippen molar-refractivity contribution in [3.63, 3.8) is 0 Å². The van der Waals surface area contributed by atoms with Crippen LogP contribution in [-0.4, -0.2) is 20.4 Å². The SMILES string of the molecule is O=C(Cn1cnc(-c2ccccc2)cc1=O)Nc1ccccc1-c1csc(-c2ccccc2F)n1. The molecule has 5 rings (SSSR count). The zero-order valence-electron chi connectivity index (χ0n) is 18.4. The maximum Gasteiger partial charge on any atom is 0.254 e. The molecule has 2 aromatic heterocycles. The summed E-state index contributed by atoms with van der Waals surface area (Å²) in [6.07, 6.45) is 1.37. The molecule has 5 aromatic rings. The molecule has 6 nitrogen and oxygen atoms in total. The van der Waals surface area contributed by atoms with Gasteiger partial charge in [0.25, 0.3) is 5.56 Å². The van der Waals surface area contributed by atoms with E-state index in [4.69, 9.17) is 0 Å². The minimum atomic E-state index is -0.377. The predicted octanol–water partition coefficient (Wildman–Crippen LogP) is 5.48. The lowest BCUT2D eigenvalue weighted by Gasteiger charge is -2.11. The lowest BCUT2D eigenvalue weighted by atomic mass is 10.1. The molecule has 3 aromatic carbocycles. The van der Waals surface area contributed by atoms with Crippen molar-refractivity contribution < 1.29 is 9.18 Å². The van der Waals surface area contributed by atoms with E-state index in [-0.39, 0.29) is 23.8 Å². The summed E-state index contributed by atoms with van der Waals surface area (Å²) in [5.74, 6) is -0.717. The van der Waals surface area contributed by atoms with Gasteiger partial charge in [-0.15, -0.1) is 11.3 Å². The standard InChI is InChI=1S/C27H19FN4O2S/c28-21-12-6-4-10-19(21)27-31-24(16-35-27)20-11-5-7-13-22(20)30-25(33)15-32-17-29-23(14-26(32)34)18-8-2-1-3-9-18/h1-14,16-17H,15H2,(H,30,33). The van der Waals surface area contributed by atoms with Gasteiger partial charge >= 0.3 is 0 Å². The molecule has 0 unspecified atom stereocenters. The van der Waals surface area contributed by atoms with Gasteiger partial charge in [-0.25, -0.2) is 14.4 Å². The molecule has 0 aliphatic heterocycles. The number of rotatable bonds is 6. The van der Waals surface area contributed by atoms with Crippen molar-refractivity contribution in [2.45, 2.75) is 6.54 Å². The second-order valence-electron chi connectivity index (χ2n) is 7.72. The highest BCUT2D eigenvalue weighted by atomic mass is 32.1. The van der Waals surface area contributed by atoms with Crippen LogP contribution in [0.2, 0.25) is 0 Å². The van der Waals surface area contributed by atoms with Crippen molar-refractivity contribution >= 4 is 22.9 Å². The van der Waals surface area contributed by atoms with Crippen molar-refractivity contribution in [1.29, 1.82) is 0 Å². The van der Waals surface area contributed by atoms with Crippen LogP contribution in [0.15, 0.2) is 101 Å². The normalized spacial score (nSPS) is 10.8. The predicted molar refractivity (Wildman–Crippen MR) is 136 cm³/mol. The molecule has 0 radical (unpaired) electrons. The van der Waals surface area contributed by atoms with Gasteiger partial charge in [-0.1, -0.05) is 60.7 Å². The zero-order chi connectivity index (χ0) is 24.2. The van der Waals surface area contributed by atoms with Gasteiger partial charge in [0.05, 0.1) is 23.4 Å². The minimum absolute atomic E-state index is 0.188. The van der Waals surface area contributed by atoms with Crippen LogP contribution in [-0.2, 0) is 11.3 Å². The molecule has 0 saturated heterocycles. The molecule has 0 fully saturated rings. The number of hydrogen-bond acceptors (Lipinski definition) is 5. The Bertz CT molecular complexity index is 1560. The Morgan fingerprint density at radius 3 is 2.40 bits per heavy atom. The van der Waals surface area contributed by atoms with Gasteiger partial charge in [0.1, 0.15) is 17.4 Å². The first-order chi connectivity index (χ1) is 17.1. The molecule has 2 heterocycles. The van der Waals surface area contributed by atoms with Gasteiger partial charge in [-0.2, -0.15) is 0 Å². The molecule has 1 N–H and O–H groups in total. The molecule has 172 valence electrons. The number of nitrogens with one attached hydrogen (secondary N) is 1. The van der Waals surface area contributed by atoms with Crippen molar-refractivity contribution in [3.8, 4) is 33.1 Å². The second kappa shape index (κ2) is 9.82. The highest BCUT2D eigenvalue weighted by Crippen LogP contribution is 2.33. The van der Waals surface area contributed by atoms with E-state index in [0.717, 1.165) is 5.56 Å². The van der Waals surface area contributed by atoms with Gasteiger partial charge in [-0.3, -0.25) is 14.2 Å². The molecule has 35 heavy (non-hydrogen) atoms. The lowest BCUT2D eigenvalue weighted by Crippen LogP contribution is -2.27. The summed E-state index contributed by atoms with van der Waals surface area (Å²) in [5, 5.41) is 5.23. The van der Waals surface area contributed by atoms with Crippen LogP contribution in [0.25, 0.3) is 33.1 Å². The molecule has 0 saturated carbocycles. The maximum absolute atomic E-state index is 14.2. The Balaban J connectivity index is 1.35. The third-order valence-electron chi connectivity index (χ3n) is 5.35. The third-order valence-corrected chi connectivity index (χ3v) is 6.22. The van der Waals surface area contributed by atoms with Crippen LogP contribution in [0.3, 0.4) is 0 Å². The lowest BCUT2D eigenvalue weighted by molar-refractivity contribution is -0.116. The van der Waals surface area contributed by atoms with E-state index in [1.807, 2.05) is 47.8 Å². The topological polar surface area (TPSA) is 76.9 Å². The number of anilines is 1. The van der Waals surface area contributed by atoms with Gasteiger partial charge in [0.15, 0.2) is 0 Å². The molecule has 0 bridgehead atoms. The number of hydrogen-bond donors (Lipinski definition) is 1. The number of benzene rings is 3. The number of para-hydroxylation sites is 1. The summed E-state index contributed by atoms with van der Waals surface area (Å²) >= 11 is 1.33. The fourth-order valence-corrected chi connectivity index (χ4v) is 4.47. The molecule has 0 atom stereocenters. The van der Waals surface area contributed by atoms with E-state index in [0.29, 0.717) is 33.2 Å². The Kier molecular flexibility index (Phi) is 6.28. The number of carbonyl (C=O) groups excluding carboxylic acids is 1. The van der Waals surface area contributed by atoms with Crippen LogP contribution < -0.4 is 10.9 Å². The Labute approximate surface area is 204 Å². The van der Waals surface area contributed by atoms with Crippen LogP contribution in [0.5, 0.6) is 0 Å². The van der Waals surface area contributed by atoms with Crippen molar-refractivity contribution in [2.24, 2.45) is 0 Å². The van der Waals surface area contributed by atoms with Gasteiger partial charge in [0.2, 0.25) is 5.91 Å². The van der Waals surface area contributed by atoms with Gasteiger partial charge < -0.3 is 5.32 Å². The van der Waals surface area contributed by atoms with Crippen molar-refractivity contribution in [3.05, 3.63) is 113 Å². The van der Waals surface area contributed by atoms with E-state index in [1.54, 1.807) is 30.3 Å². The van der Waals surface area contributed by atoms with E-state index in [9.17, 15) is 14.0 Å². The van der Waals surface area contributed by atoms with Crippen LogP contribution in [0.1, 0.15) is 0 Å². The van der Waals surface area contributed by atoms with Crippen molar-refractivity contribution in [1.82, 2.24) is 14.5 Å². The summed E-state index contributed by atoms with van der Waals surface area (Å²) in [6, 6.07) is 24.5. The number of amides is 1.